The molecule has 0 N–H and O–H groups in total. The summed E-state index contributed by atoms with van der Waals surface area (Å²) in [6.45, 7) is 2.02. The molecule has 4 nitrogen and oxygen atoms in total. The predicted octanol–water partition coefficient (Wildman–Crippen LogP) is 2.19. The van der Waals surface area contributed by atoms with Gasteiger partial charge in [0.2, 0.25) is 0 Å². The van der Waals surface area contributed by atoms with E-state index < -0.39 is 9.84 Å². The van der Waals surface area contributed by atoms with Crippen molar-refractivity contribution in [3.05, 3.63) is 17.5 Å². The molecule has 1 aliphatic carbocycles. The first-order valence-electron chi connectivity index (χ1n) is 6.29. The van der Waals surface area contributed by atoms with Crippen LogP contribution in [0.1, 0.15) is 43.4 Å². The van der Waals surface area contributed by atoms with E-state index in [4.69, 9.17) is 0 Å². The molecular weight excluding hydrogens is 316 g/mol. The highest BCUT2D eigenvalue weighted by atomic mass is 79.9. The fourth-order valence-electron chi connectivity index (χ4n) is 2.88. The summed E-state index contributed by atoms with van der Waals surface area (Å²) in [5, 5.41) is 5.28. The summed E-state index contributed by atoms with van der Waals surface area (Å²) in [5.74, 6) is 1.10. The minimum absolute atomic E-state index is 0.225. The number of halogens is 1. The minimum atomic E-state index is -2.89. The number of nitrogens with zero attached hydrogens (tertiary/aromatic N) is 2. The molecule has 1 saturated heterocycles. The Hall–Kier alpha value is -0.360. The van der Waals surface area contributed by atoms with Gasteiger partial charge < -0.3 is 0 Å². The van der Waals surface area contributed by atoms with Gasteiger partial charge in [0.1, 0.15) is 0 Å². The summed E-state index contributed by atoms with van der Waals surface area (Å²) in [5.41, 5.74) is 2.12. The smallest absolute Gasteiger partial charge is 0.152 e. The molecule has 0 aromatic carbocycles. The Kier molecular flexibility index (Phi) is 2.86. The van der Waals surface area contributed by atoms with Gasteiger partial charge in [-0.3, -0.25) is 4.68 Å². The SMILES string of the molecule is CC1(n2ncc(CBr)c2C2CC2)CCS(=O)(=O)C1. The Labute approximate surface area is 116 Å². The van der Waals surface area contributed by atoms with Crippen LogP contribution in [0.25, 0.3) is 0 Å². The molecule has 1 atom stereocenters. The van der Waals surface area contributed by atoms with Crippen LogP contribution in [0.4, 0.5) is 0 Å². The van der Waals surface area contributed by atoms with Crippen LogP contribution in [0.3, 0.4) is 0 Å². The number of alkyl halides is 1. The summed E-state index contributed by atoms with van der Waals surface area (Å²) in [7, 11) is -2.89. The van der Waals surface area contributed by atoms with E-state index in [9.17, 15) is 8.42 Å². The molecule has 1 aromatic rings. The average molecular weight is 333 g/mol. The van der Waals surface area contributed by atoms with E-state index in [2.05, 4.69) is 21.0 Å². The lowest BCUT2D eigenvalue weighted by molar-refractivity contribution is 0.317. The Bertz CT molecular complexity index is 577. The second kappa shape index (κ2) is 4.07. The van der Waals surface area contributed by atoms with Gasteiger partial charge in [-0.05, 0) is 26.2 Å². The Morgan fingerprint density at radius 3 is 2.78 bits per heavy atom. The molecule has 1 unspecified atom stereocenters. The maximum absolute atomic E-state index is 11.7. The van der Waals surface area contributed by atoms with Gasteiger partial charge >= 0.3 is 0 Å². The molecule has 1 aliphatic heterocycles. The fraction of sp³-hybridized carbons (Fsp3) is 0.750. The van der Waals surface area contributed by atoms with Gasteiger partial charge in [-0.1, -0.05) is 15.9 Å². The molecule has 100 valence electrons. The number of hydrogen-bond acceptors (Lipinski definition) is 3. The molecule has 2 fully saturated rings. The molecule has 0 spiro atoms. The van der Waals surface area contributed by atoms with Gasteiger partial charge in [-0.2, -0.15) is 5.10 Å². The Morgan fingerprint density at radius 2 is 2.28 bits per heavy atom. The summed E-state index contributed by atoms with van der Waals surface area (Å²) in [6, 6.07) is 0. The second-order valence-corrected chi connectivity index (χ2v) is 8.46. The molecule has 2 heterocycles. The topological polar surface area (TPSA) is 52.0 Å². The molecule has 3 rings (SSSR count). The number of rotatable bonds is 3. The largest absolute Gasteiger partial charge is 0.262 e. The first kappa shape index (κ1) is 12.7. The Balaban J connectivity index is 2.04. The molecule has 6 heteroatoms. The van der Waals surface area contributed by atoms with Crippen LogP contribution in [0.15, 0.2) is 6.20 Å². The summed E-state index contributed by atoms with van der Waals surface area (Å²) in [6.07, 6.45) is 4.97. The molecular formula is C12H17BrN2O2S. The molecule has 2 aliphatic rings. The molecule has 18 heavy (non-hydrogen) atoms. The highest BCUT2D eigenvalue weighted by Crippen LogP contribution is 2.45. The molecule has 0 amide bonds. The van der Waals surface area contributed by atoms with Gasteiger partial charge in [0.15, 0.2) is 9.84 Å². The van der Waals surface area contributed by atoms with Crippen molar-refractivity contribution in [1.29, 1.82) is 0 Å². The van der Waals surface area contributed by atoms with Crippen LogP contribution in [0, 0.1) is 0 Å². The summed E-state index contributed by atoms with van der Waals surface area (Å²) >= 11 is 3.49. The van der Waals surface area contributed by atoms with Gasteiger partial charge in [0.25, 0.3) is 0 Å². The monoisotopic (exact) mass is 332 g/mol. The molecule has 1 aromatic heterocycles. The highest BCUT2D eigenvalue weighted by molar-refractivity contribution is 9.08. The highest BCUT2D eigenvalue weighted by Gasteiger charge is 2.44. The van der Waals surface area contributed by atoms with Crippen LogP contribution in [0.2, 0.25) is 0 Å². The van der Waals surface area contributed by atoms with Gasteiger partial charge in [0.05, 0.1) is 23.2 Å². The van der Waals surface area contributed by atoms with Crippen LogP contribution in [-0.2, 0) is 20.7 Å². The zero-order chi connectivity index (χ0) is 13.0. The maximum atomic E-state index is 11.7. The zero-order valence-corrected chi connectivity index (χ0v) is 12.8. The number of aromatic nitrogens is 2. The van der Waals surface area contributed by atoms with Crippen LogP contribution in [0.5, 0.6) is 0 Å². The third-order valence-corrected chi connectivity index (χ3v) is 6.48. The zero-order valence-electron chi connectivity index (χ0n) is 10.4. The first-order chi connectivity index (χ1) is 8.45. The van der Waals surface area contributed by atoms with Crippen molar-refractivity contribution >= 4 is 25.8 Å². The number of sulfone groups is 1. The van der Waals surface area contributed by atoms with E-state index in [-0.39, 0.29) is 17.0 Å². The van der Waals surface area contributed by atoms with Crippen molar-refractivity contribution in [2.75, 3.05) is 11.5 Å². The quantitative estimate of drug-likeness (QED) is 0.797. The van der Waals surface area contributed by atoms with E-state index >= 15 is 0 Å². The number of hydrogen-bond donors (Lipinski definition) is 0. The van der Waals surface area contributed by atoms with E-state index in [0.717, 1.165) is 5.33 Å². The van der Waals surface area contributed by atoms with E-state index in [0.29, 0.717) is 12.3 Å². The summed E-state index contributed by atoms with van der Waals surface area (Å²) < 4.78 is 25.5. The second-order valence-electron chi connectivity index (χ2n) is 5.71. The van der Waals surface area contributed by atoms with E-state index in [1.54, 1.807) is 0 Å². The van der Waals surface area contributed by atoms with E-state index in [1.165, 1.54) is 24.1 Å². The van der Waals surface area contributed by atoms with Crippen molar-refractivity contribution in [3.8, 4) is 0 Å². The third kappa shape index (κ3) is 2.03. The third-order valence-electron chi connectivity index (χ3n) is 3.99. The maximum Gasteiger partial charge on any atom is 0.152 e. The molecule has 0 bridgehead atoms. The average Bonchev–Trinajstić information content (AvgIpc) is 2.97. The first-order valence-corrected chi connectivity index (χ1v) is 9.23. The normalized spacial score (nSPS) is 30.8. The lowest BCUT2D eigenvalue weighted by Crippen LogP contribution is -2.33. The summed E-state index contributed by atoms with van der Waals surface area (Å²) in [4.78, 5) is 0. The Morgan fingerprint density at radius 1 is 1.56 bits per heavy atom. The van der Waals surface area contributed by atoms with Crippen LogP contribution in [-0.4, -0.2) is 29.7 Å². The lowest BCUT2D eigenvalue weighted by atomic mass is 10.0. The minimum Gasteiger partial charge on any atom is -0.262 e. The predicted molar refractivity (Wildman–Crippen MR) is 73.8 cm³/mol. The van der Waals surface area contributed by atoms with Crippen molar-refractivity contribution < 1.29 is 8.42 Å². The lowest BCUT2D eigenvalue weighted by Gasteiger charge is -2.26. The standard InChI is InChI=1S/C12H17BrN2O2S/c1-12(4-5-18(16,17)8-12)15-11(9-2-3-9)10(6-13)7-14-15/h7,9H,2-6,8H2,1H3. The molecule has 1 saturated carbocycles. The van der Waals surface area contributed by atoms with Crippen molar-refractivity contribution in [2.24, 2.45) is 0 Å². The van der Waals surface area contributed by atoms with Crippen LogP contribution < -0.4 is 0 Å². The molecule has 0 radical (unpaired) electrons. The van der Waals surface area contributed by atoms with Crippen LogP contribution >= 0.6 is 15.9 Å². The van der Waals surface area contributed by atoms with Crippen molar-refractivity contribution in [3.63, 3.8) is 0 Å². The van der Waals surface area contributed by atoms with E-state index in [1.807, 2.05) is 17.8 Å². The van der Waals surface area contributed by atoms with Crippen molar-refractivity contribution in [2.45, 2.75) is 43.0 Å². The van der Waals surface area contributed by atoms with Gasteiger partial charge in [0, 0.05) is 22.5 Å². The fourth-order valence-corrected chi connectivity index (χ4v) is 5.42. The van der Waals surface area contributed by atoms with Crippen molar-refractivity contribution in [1.82, 2.24) is 9.78 Å². The van der Waals surface area contributed by atoms with Gasteiger partial charge in [-0.15, -0.1) is 0 Å². The van der Waals surface area contributed by atoms with Gasteiger partial charge in [-0.25, -0.2) is 8.42 Å².